The molecule has 3 rings (SSSR count). The maximum absolute atomic E-state index is 13.6. The van der Waals surface area contributed by atoms with E-state index in [2.05, 4.69) is 10.6 Å². The summed E-state index contributed by atoms with van der Waals surface area (Å²) in [6.45, 7) is 3.00. The lowest BCUT2D eigenvalue weighted by Gasteiger charge is -2.44. The van der Waals surface area contributed by atoms with E-state index < -0.39 is 26.7 Å². The highest BCUT2D eigenvalue weighted by Gasteiger charge is 2.50. The summed E-state index contributed by atoms with van der Waals surface area (Å²) in [5.41, 5.74) is 0.285. The van der Waals surface area contributed by atoms with Gasteiger partial charge in [0.15, 0.2) is 5.37 Å². The molecule has 0 radical (unpaired) electrons. The molecule has 2 aromatic rings. The predicted molar refractivity (Wildman–Crippen MR) is 120 cm³/mol. The van der Waals surface area contributed by atoms with Crippen LogP contribution in [0, 0.1) is 0 Å². The second-order valence-electron chi connectivity index (χ2n) is 7.57. The molecule has 2 aromatic carbocycles. The summed E-state index contributed by atoms with van der Waals surface area (Å²) in [6, 6.07) is 16.2. The zero-order valence-corrected chi connectivity index (χ0v) is 18.7. The average Bonchev–Trinajstić information content (AvgIpc) is 2.82. The highest BCUT2D eigenvalue weighted by Crippen LogP contribution is 2.40. The molecule has 1 aliphatic rings. The first-order valence-corrected chi connectivity index (χ1v) is 11.8. The zero-order chi connectivity index (χ0) is 22.5. The normalized spacial score (nSPS) is 17.2. The Bertz CT molecular complexity index is 992. The number of methoxy groups -OCH3 is 1. The van der Waals surface area contributed by atoms with E-state index in [1.165, 1.54) is 7.11 Å². The van der Waals surface area contributed by atoms with Gasteiger partial charge in [-0.3, -0.25) is 10.6 Å². The number of nitrogens with two attached hydrogens (primary N) is 1. The number of para-hydroxylation sites is 1. The number of hydrogen-bond donors (Lipinski definition) is 3. The second kappa shape index (κ2) is 9.78. The van der Waals surface area contributed by atoms with Crippen molar-refractivity contribution in [3.05, 3.63) is 65.7 Å². The quantitative estimate of drug-likeness (QED) is 0.419. The van der Waals surface area contributed by atoms with Crippen LogP contribution in [0.3, 0.4) is 0 Å². The summed E-state index contributed by atoms with van der Waals surface area (Å²) in [6.07, 6.45) is 1.06. The molecule has 31 heavy (non-hydrogen) atoms. The molecule has 0 saturated carbocycles. The number of carbonyl (C=O) groups is 1. The Morgan fingerprint density at radius 2 is 1.77 bits per heavy atom. The number of carbonyl (C=O) groups excluding carboxylic acids is 1. The van der Waals surface area contributed by atoms with Crippen LogP contribution < -0.4 is 21.2 Å². The standard InChI is InChI=1S/C22H30N4O4S/c1-3-26(23)31(28,29)21(25-20(27)18-11-7-8-12-19(18)30-2)22(13-15-24-16-14-22)17-9-5-4-6-10-17/h4-12,21,24H,3,13-16,23H2,1-2H3,(H,25,27). The molecule has 1 unspecified atom stereocenters. The highest BCUT2D eigenvalue weighted by atomic mass is 32.2. The fraction of sp³-hybridized carbons (Fsp3) is 0.409. The van der Waals surface area contributed by atoms with Crippen LogP contribution >= 0.6 is 0 Å². The number of sulfonamides is 1. The van der Waals surface area contributed by atoms with E-state index in [0.29, 0.717) is 31.7 Å². The van der Waals surface area contributed by atoms with E-state index in [-0.39, 0.29) is 12.1 Å². The van der Waals surface area contributed by atoms with Gasteiger partial charge in [-0.1, -0.05) is 42.5 Å². The van der Waals surface area contributed by atoms with Crippen LogP contribution in [-0.2, 0) is 15.4 Å². The fourth-order valence-corrected chi connectivity index (χ4v) is 6.02. The van der Waals surface area contributed by atoms with E-state index >= 15 is 0 Å². The number of rotatable bonds is 8. The zero-order valence-electron chi connectivity index (χ0n) is 17.9. The third-order valence-electron chi connectivity index (χ3n) is 5.90. The summed E-state index contributed by atoms with van der Waals surface area (Å²) < 4.78 is 33.3. The molecule has 0 aromatic heterocycles. The number of nitrogens with one attached hydrogen (secondary N) is 2. The molecule has 1 aliphatic heterocycles. The number of amides is 1. The lowest BCUT2D eigenvalue weighted by atomic mass is 9.72. The molecule has 1 heterocycles. The molecular formula is C22H30N4O4S. The number of benzene rings is 2. The van der Waals surface area contributed by atoms with Gasteiger partial charge in [0.2, 0.25) is 10.0 Å². The summed E-state index contributed by atoms with van der Waals surface area (Å²) in [5, 5.41) is 4.86. The number of hydrogen-bond acceptors (Lipinski definition) is 6. The lowest BCUT2D eigenvalue weighted by molar-refractivity contribution is 0.0920. The first-order valence-electron chi connectivity index (χ1n) is 10.3. The Hall–Kier alpha value is -2.46. The average molecular weight is 447 g/mol. The van der Waals surface area contributed by atoms with E-state index in [4.69, 9.17) is 10.6 Å². The van der Waals surface area contributed by atoms with E-state index in [1.54, 1.807) is 31.2 Å². The minimum absolute atomic E-state index is 0.0898. The number of ether oxygens (including phenoxy) is 1. The highest BCUT2D eigenvalue weighted by molar-refractivity contribution is 7.89. The van der Waals surface area contributed by atoms with Gasteiger partial charge in [-0.15, -0.1) is 4.41 Å². The SMILES string of the molecule is CCN(N)S(=O)(=O)C(NC(=O)c1ccccc1OC)C1(c2ccccc2)CCNCC1. The van der Waals surface area contributed by atoms with Crippen LogP contribution in [0.5, 0.6) is 5.75 Å². The number of piperidine rings is 1. The minimum Gasteiger partial charge on any atom is -0.496 e. The van der Waals surface area contributed by atoms with Gasteiger partial charge in [0, 0.05) is 12.0 Å². The maximum Gasteiger partial charge on any atom is 0.256 e. The van der Waals surface area contributed by atoms with Gasteiger partial charge in [0.1, 0.15) is 5.75 Å². The van der Waals surface area contributed by atoms with Gasteiger partial charge < -0.3 is 15.4 Å². The maximum atomic E-state index is 13.6. The van der Waals surface area contributed by atoms with Crippen LogP contribution in [0.2, 0.25) is 0 Å². The minimum atomic E-state index is -4.07. The molecule has 8 nitrogen and oxygen atoms in total. The molecule has 0 aliphatic carbocycles. The molecule has 4 N–H and O–H groups in total. The molecule has 9 heteroatoms. The van der Waals surface area contributed by atoms with Gasteiger partial charge in [0.25, 0.3) is 5.91 Å². The van der Waals surface area contributed by atoms with Crippen molar-refractivity contribution in [1.82, 2.24) is 15.0 Å². The lowest BCUT2D eigenvalue weighted by Crippen LogP contribution is -2.62. The Morgan fingerprint density at radius 1 is 1.16 bits per heavy atom. The van der Waals surface area contributed by atoms with E-state index in [0.717, 1.165) is 9.98 Å². The molecule has 0 bridgehead atoms. The van der Waals surface area contributed by atoms with Crippen LogP contribution in [-0.4, -0.2) is 50.9 Å². The molecule has 168 valence electrons. The molecule has 1 atom stereocenters. The van der Waals surface area contributed by atoms with Gasteiger partial charge >= 0.3 is 0 Å². The van der Waals surface area contributed by atoms with Crippen molar-refractivity contribution < 1.29 is 17.9 Å². The summed E-state index contributed by atoms with van der Waals surface area (Å²) >= 11 is 0. The van der Waals surface area contributed by atoms with Crippen molar-refractivity contribution in [3.63, 3.8) is 0 Å². The van der Waals surface area contributed by atoms with Crippen molar-refractivity contribution in [2.75, 3.05) is 26.7 Å². The predicted octanol–water partition coefficient (Wildman–Crippen LogP) is 1.60. The fourth-order valence-electron chi connectivity index (χ4n) is 4.19. The van der Waals surface area contributed by atoms with Crippen molar-refractivity contribution in [1.29, 1.82) is 0 Å². The largest absolute Gasteiger partial charge is 0.496 e. The summed E-state index contributed by atoms with van der Waals surface area (Å²) in [4.78, 5) is 13.3. The Kier molecular flexibility index (Phi) is 7.32. The Morgan fingerprint density at radius 3 is 2.39 bits per heavy atom. The third-order valence-corrected chi connectivity index (χ3v) is 7.97. The molecule has 1 amide bonds. The molecule has 1 saturated heterocycles. The summed E-state index contributed by atoms with van der Waals surface area (Å²) in [5.74, 6) is 5.77. The van der Waals surface area contributed by atoms with Crippen LogP contribution in [0.25, 0.3) is 0 Å². The van der Waals surface area contributed by atoms with Gasteiger partial charge in [-0.05, 0) is 50.6 Å². The Balaban J connectivity index is 2.13. The van der Waals surface area contributed by atoms with Crippen LogP contribution in [0.1, 0.15) is 35.7 Å². The van der Waals surface area contributed by atoms with Gasteiger partial charge in [-0.2, -0.15) is 0 Å². The first-order chi connectivity index (χ1) is 14.9. The van der Waals surface area contributed by atoms with Crippen molar-refractivity contribution in [2.24, 2.45) is 5.84 Å². The van der Waals surface area contributed by atoms with E-state index in [1.807, 2.05) is 30.3 Å². The number of hydrazine groups is 1. The third kappa shape index (κ3) is 4.59. The topological polar surface area (TPSA) is 114 Å². The number of nitrogens with zero attached hydrogens (tertiary/aromatic N) is 1. The molecular weight excluding hydrogens is 416 g/mol. The first kappa shape index (κ1) is 23.2. The van der Waals surface area contributed by atoms with E-state index in [9.17, 15) is 13.2 Å². The van der Waals surface area contributed by atoms with Crippen LogP contribution in [0.4, 0.5) is 0 Å². The van der Waals surface area contributed by atoms with Crippen molar-refractivity contribution in [2.45, 2.75) is 30.6 Å². The molecule has 1 fully saturated rings. The Labute approximate surface area is 183 Å². The second-order valence-corrected chi connectivity index (χ2v) is 9.54. The summed E-state index contributed by atoms with van der Waals surface area (Å²) in [7, 11) is -2.60. The van der Waals surface area contributed by atoms with Gasteiger partial charge in [-0.25, -0.2) is 8.42 Å². The van der Waals surface area contributed by atoms with Crippen LogP contribution in [0.15, 0.2) is 54.6 Å². The monoisotopic (exact) mass is 446 g/mol. The van der Waals surface area contributed by atoms with Gasteiger partial charge in [0.05, 0.1) is 12.7 Å². The molecule has 0 spiro atoms. The van der Waals surface area contributed by atoms with Crippen molar-refractivity contribution in [3.8, 4) is 5.75 Å². The smallest absolute Gasteiger partial charge is 0.256 e. The van der Waals surface area contributed by atoms with Crippen molar-refractivity contribution >= 4 is 15.9 Å².